The van der Waals surface area contributed by atoms with Crippen LogP contribution < -0.4 is 35.0 Å². The largest absolute Gasteiger partial charge is 1.00 e. The molecule has 24 heavy (non-hydrogen) atoms. The zero-order valence-electron chi connectivity index (χ0n) is 12.3. The van der Waals surface area contributed by atoms with Crippen LogP contribution in [0.25, 0.3) is 22.3 Å². The molecule has 2 aromatic carbocycles. The van der Waals surface area contributed by atoms with Crippen LogP contribution in [0.5, 0.6) is 34.5 Å². The fourth-order valence-corrected chi connectivity index (χ4v) is 2.21. The summed E-state index contributed by atoms with van der Waals surface area (Å²) in [5.74, 6) is -4.40. The summed E-state index contributed by atoms with van der Waals surface area (Å²) in [6.45, 7) is 0. The Bertz CT molecular complexity index is 986. The van der Waals surface area contributed by atoms with Crippen molar-refractivity contribution in [3.8, 4) is 45.8 Å². The van der Waals surface area contributed by atoms with Crippen LogP contribution in [0.3, 0.4) is 0 Å². The molecule has 9 heteroatoms. The fraction of sp³-hybridized carbons (Fsp3) is 0. The minimum absolute atomic E-state index is 0. The molecule has 1 aromatic heterocycles. The van der Waals surface area contributed by atoms with Crippen LogP contribution in [0.2, 0.25) is 0 Å². The van der Waals surface area contributed by atoms with Crippen molar-refractivity contribution in [1.82, 2.24) is 0 Å². The van der Waals surface area contributed by atoms with E-state index in [-0.39, 0.29) is 51.8 Å². The van der Waals surface area contributed by atoms with Gasteiger partial charge in [0.05, 0.1) is 0 Å². The second-order valence-electron chi connectivity index (χ2n) is 4.81. The van der Waals surface area contributed by atoms with E-state index >= 15 is 0 Å². The zero-order chi connectivity index (χ0) is 16.9. The van der Waals surface area contributed by atoms with Crippen molar-refractivity contribution in [1.29, 1.82) is 0 Å². The van der Waals surface area contributed by atoms with Crippen molar-refractivity contribution in [2.24, 2.45) is 0 Å². The molecule has 0 aliphatic carbocycles. The zero-order valence-corrected chi connectivity index (χ0v) is 14.3. The monoisotopic (exact) mass is 341 g/mol. The molecular formula is C15H10NaO8+. The minimum atomic E-state index is -0.967. The summed E-state index contributed by atoms with van der Waals surface area (Å²) >= 11 is 0. The molecule has 6 N–H and O–H groups in total. The van der Waals surface area contributed by atoms with Gasteiger partial charge in [-0.2, -0.15) is 0 Å². The Labute approximate surface area is 155 Å². The number of aromatic hydroxyl groups is 6. The van der Waals surface area contributed by atoms with E-state index in [4.69, 9.17) is 4.42 Å². The molecule has 0 aliphatic heterocycles. The van der Waals surface area contributed by atoms with E-state index in [1.165, 1.54) is 0 Å². The van der Waals surface area contributed by atoms with E-state index in [0.29, 0.717) is 0 Å². The van der Waals surface area contributed by atoms with Gasteiger partial charge in [0, 0.05) is 17.7 Å². The molecule has 0 unspecified atom stereocenters. The summed E-state index contributed by atoms with van der Waals surface area (Å²) in [5.41, 5.74) is -1.28. The number of benzene rings is 2. The molecule has 0 radical (unpaired) electrons. The standard InChI is InChI=1S/C15H10O8.Na/c16-6-3-7(17)11-10(4-6)23-15(14(22)13(11)21)5-1-8(18)12(20)9(19)2-5;/h1-4,16-20,22H;/q;+1. The average Bonchev–Trinajstić information content (AvgIpc) is 2.47. The third-order valence-electron chi connectivity index (χ3n) is 3.27. The number of hydrogen-bond acceptors (Lipinski definition) is 8. The molecule has 0 amide bonds. The molecule has 0 aliphatic rings. The molecule has 8 nitrogen and oxygen atoms in total. The van der Waals surface area contributed by atoms with Crippen LogP contribution in [0, 0.1) is 0 Å². The fourth-order valence-electron chi connectivity index (χ4n) is 2.21. The van der Waals surface area contributed by atoms with Gasteiger partial charge in [-0.05, 0) is 12.1 Å². The number of rotatable bonds is 1. The predicted molar refractivity (Wildman–Crippen MR) is 77.9 cm³/mol. The van der Waals surface area contributed by atoms with Gasteiger partial charge in [-0.3, -0.25) is 4.79 Å². The predicted octanol–water partition coefficient (Wildman–Crippen LogP) is -1.30. The van der Waals surface area contributed by atoms with E-state index < -0.39 is 39.9 Å². The molecule has 0 bridgehead atoms. The molecule has 1 heterocycles. The molecule has 0 saturated carbocycles. The van der Waals surface area contributed by atoms with Crippen molar-refractivity contribution < 1.29 is 64.6 Å². The van der Waals surface area contributed by atoms with E-state index in [1.54, 1.807) is 0 Å². The summed E-state index contributed by atoms with van der Waals surface area (Å²) in [5, 5.41) is 57.2. The Morgan fingerprint density at radius 1 is 0.750 bits per heavy atom. The van der Waals surface area contributed by atoms with Gasteiger partial charge in [0.25, 0.3) is 0 Å². The van der Waals surface area contributed by atoms with Crippen molar-refractivity contribution in [3.05, 3.63) is 34.5 Å². The van der Waals surface area contributed by atoms with Crippen LogP contribution in [0.1, 0.15) is 0 Å². The van der Waals surface area contributed by atoms with Gasteiger partial charge in [-0.1, -0.05) is 0 Å². The number of fused-ring (bicyclic) bond motifs is 1. The van der Waals surface area contributed by atoms with Crippen molar-refractivity contribution in [3.63, 3.8) is 0 Å². The second-order valence-corrected chi connectivity index (χ2v) is 4.81. The smallest absolute Gasteiger partial charge is 0.508 e. The summed E-state index contributed by atoms with van der Waals surface area (Å²) in [6.07, 6.45) is 0. The van der Waals surface area contributed by atoms with Gasteiger partial charge < -0.3 is 35.1 Å². The van der Waals surface area contributed by atoms with E-state index in [0.717, 1.165) is 24.3 Å². The van der Waals surface area contributed by atoms with Crippen LogP contribution >= 0.6 is 0 Å². The summed E-state index contributed by atoms with van der Waals surface area (Å²) in [4.78, 5) is 12.2. The van der Waals surface area contributed by atoms with Gasteiger partial charge in [0.15, 0.2) is 23.0 Å². The Kier molecular flexibility index (Phi) is 4.57. The maximum Gasteiger partial charge on any atom is 1.00 e. The quantitative estimate of drug-likeness (QED) is 0.236. The van der Waals surface area contributed by atoms with Crippen molar-refractivity contribution in [2.45, 2.75) is 0 Å². The Balaban J connectivity index is 0.00000208. The topological polar surface area (TPSA) is 152 Å². The van der Waals surface area contributed by atoms with Crippen LogP contribution in [0.4, 0.5) is 0 Å². The van der Waals surface area contributed by atoms with Crippen molar-refractivity contribution in [2.75, 3.05) is 0 Å². The number of phenolic OH excluding ortho intramolecular Hbond substituents is 5. The first-order valence-corrected chi connectivity index (χ1v) is 6.26. The maximum atomic E-state index is 12.2. The number of phenols is 5. The molecule has 0 saturated heterocycles. The number of hydrogen-bond donors (Lipinski definition) is 6. The first-order chi connectivity index (χ1) is 10.8. The summed E-state index contributed by atoms with van der Waals surface area (Å²) in [7, 11) is 0. The normalized spacial score (nSPS) is 10.5. The van der Waals surface area contributed by atoms with E-state index in [1.807, 2.05) is 0 Å². The van der Waals surface area contributed by atoms with Crippen LogP contribution in [-0.4, -0.2) is 30.6 Å². The van der Waals surface area contributed by atoms with Crippen molar-refractivity contribution >= 4 is 11.0 Å². The first kappa shape index (κ1) is 17.8. The second kappa shape index (κ2) is 6.16. The molecule has 3 aromatic rings. The van der Waals surface area contributed by atoms with Gasteiger partial charge >= 0.3 is 29.6 Å². The van der Waals surface area contributed by atoms with E-state index in [9.17, 15) is 35.4 Å². The Morgan fingerprint density at radius 2 is 1.33 bits per heavy atom. The molecular weight excluding hydrogens is 331 g/mol. The van der Waals surface area contributed by atoms with Crippen LogP contribution in [-0.2, 0) is 0 Å². The molecule has 0 spiro atoms. The summed E-state index contributed by atoms with van der Waals surface area (Å²) < 4.78 is 5.30. The summed E-state index contributed by atoms with van der Waals surface area (Å²) in [6, 6.07) is 3.89. The van der Waals surface area contributed by atoms with Crippen LogP contribution in [0.15, 0.2) is 33.5 Å². The third kappa shape index (κ3) is 2.71. The minimum Gasteiger partial charge on any atom is -0.508 e. The van der Waals surface area contributed by atoms with Gasteiger partial charge in [0.2, 0.25) is 11.2 Å². The Morgan fingerprint density at radius 3 is 1.92 bits per heavy atom. The first-order valence-electron chi connectivity index (χ1n) is 6.26. The molecule has 0 fully saturated rings. The average molecular weight is 341 g/mol. The van der Waals surface area contributed by atoms with Gasteiger partial charge in [-0.25, -0.2) is 0 Å². The van der Waals surface area contributed by atoms with Gasteiger partial charge in [-0.15, -0.1) is 0 Å². The SMILES string of the molecule is O=c1c(O)c(-c2cc(O)c(O)c(O)c2)oc2cc(O)cc(O)c12.[Na+]. The molecule has 118 valence electrons. The maximum absolute atomic E-state index is 12.2. The third-order valence-corrected chi connectivity index (χ3v) is 3.27. The Hall–Kier alpha value is -2.55. The molecule has 0 atom stereocenters. The van der Waals surface area contributed by atoms with E-state index in [2.05, 4.69) is 0 Å². The van der Waals surface area contributed by atoms with Gasteiger partial charge in [0.1, 0.15) is 22.5 Å². The molecule has 3 rings (SSSR count).